The molecule has 0 aromatic heterocycles. The van der Waals surface area contributed by atoms with Crippen LogP contribution in [0.2, 0.25) is 0 Å². The number of likely N-dealkylation sites (N-methyl/N-ethyl adjacent to an activating group) is 1. The molecule has 3 N–H and O–H groups in total. The minimum Gasteiger partial charge on any atom is -0.384 e. The van der Waals surface area contributed by atoms with E-state index in [0.29, 0.717) is 12.4 Å². The molecule has 0 aliphatic heterocycles. The van der Waals surface area contributed by atoms with Gasteiger partial charge >= 0.3 is 0 Å². The molecule has 0 radical (unpaired) electrons. The molecule has 1 rings (SSSR count). The van der Waals surface area contributed by atoms with E-state index in [0.717, 1.165) is 11.3 Å². The third kappa shape index (κ3) is 6.42. The first-order chi connectivity index (χ1) is 8.97. The molecular weight excluding hydrogens is 244 g/mol. The average Bonchev–Trinajstić information content (AvgIpc) is 2.31. The van der Waals surface area contributed by atoms with Gasteiger partial charge in [0.05, 0.1) is 6.54 Å². The first-order valence-electron chi connectivity index (χ1n) is 5.93. The molecule has 0 spiro atoms. The van der Waals surface area contributed by atoms with Gasteiger partial charge in [-0.3, -0.25) is 4.79 Å². The number of carbonyl (C=O) groups excluding carboxylic acids is 1. The highest BCUT2D eigenvalue weighted by Gasteiger charge is 2.03. The highest BCUT2D eigenvalue weighted by molar-refractivity contribution is 5.91. The van der Waals surface area contributed by atoms with Gasteiger partial charge < -0.3 is 20.8 Å². The Morgan fingerprint density at radius 3 is 2.58 bits per heavy atom. The fourth-order valence-corrected chi connectivity index (χ4v) is 1.36. The van der Waals surface area contributed by atoms with Crippen molar-refractivity contribution in [2.45, 2.75) is 6.92 Å². The van der Waals surface area contributed by atoms with Crippen LogP contribution in [-0.2, 0) is 9.63 Å². The van der Waals surface area contributed by atoms with Gasteiger partial charge in [-0.15, -0.1) is 0 Å². The Labute approximate surface area is 113 Å². The number of benzene rings is 1. The number of amidine groups is 1. The fourth-order valence-electron chi connectivity index (χ4n) is 1.36. The van der Waals surface area contributed by atoms with Crippen LogP contribution in [0.4, 0.5) is 5.69 Å². The van der Waals surface area contributed by atoms with Crippen LogP contribution < -0.4 is 11.1 Å². The van der Waals surface area contributed by atoms with Gasteiger partial charge in [-0.25, -0.2) is 0 Å². The predicted molar refractivity (Wildman–Crippen MR) is 75.9 cm³/mol. The molecule has 0 unspecified atom stereocenters. The summed E-state index contributed by atoms with van der Waals surface area (Å²) in [5.74, 6) is 0.0541. The largest absolute Gasteiger partial charge is 0.384 e. The van der Waals surface area contributed by atoms with Crippen LogP contribution in [0.3, 0.4) is 0 Å². The second kappa shape index (κ2) is 7.38. The zero-order chi connectivity index (χ0) is 14.3. The maximum absolute atomic E-state index is 11.5. The first-order valence-corrected chi connectivity index (χ1v) is 5.93. The van der Waals surface area contributed by atoms with Gasteiger partial charge in [0.1, 0.15) is 0 Å². The molecule has 1 aromatic rings. The molecule has 1 amide bonds. The zero-order valence-electron chi connectivity index (χ0n) is 11.5. The lowest BCUT2D eigenvalue weighted by molar-refractivity contribution is -0.120. The molecule has 19 heavy (non-hydrogen) atoms. The number of rotatable bonds is 6. The van der Waals surface area contributed by atoms with Crippen LogP contribution in [0.5, 0.6) is 0 Å². The number of nitrogens with zero attached hydrogens (tertiary/aromatic N) is 2. The molecule has 1 aromatic carbocycles. The highest BCUT2D eigenvalue weighted by atomic mass is 16.6. The Hall–Kier alpha value is -2.08. The smallest absolute Gasteiger partial charge is 0.265 e. The van der Waals surface area contributed by atoms with E-state index in [1.165, 1.54) is 0 Å². The average molecular weight is 264 g/mol. The van der Waals surface area contributed by atoms with E-state index < -0.39 is 0 Å². The van der Waals surface area contributed by atoms with Crippen LogP contribution in [0.15, 0.2) is 29.4 Å². The Balaban J connectivity index is 2.34. The number of carbonyl (C=O) groups is 1. The van der Waals surface area contributed by atoms with E-state index in [4.69, 9.17) is 10.6 Å². The molecule has 0 aliphatic rings. The maximum atomic E-state index is 11.5. The van der Waals surface area contributed by atoms with Gasteiger partial charge in [0, 0.05) is 5.69 Å². The van der Waals surface area contributed by atoms with Crippen LogP contribution in [0.25, 0.3) is 0 Å². The standard InChI is InChI=1S/C13H20N4O2/c1-10-4-6-11(7-5-10)15-13(18)9-19-16-12(14)8-17(2)3/h4-7H,8-9H2,1-3H3,(H2,14,16)(H,15,18). The summed E-state index contributed by atoms with van der Waals surface area (Å²) >= 11 is 0. The van der Waals surface area contributed by atoms with E-state index in [9.17, 15) is 4.79 Å². The molecule has 0 fully saturated rings. The van der Waals surface area contributed by atoms with Crippen molar-refractivity contribution < 1.29 is 9.63 Å². The molecule has 104 valence electrons. The summed E-state index contributed by atoms with van der Waals surface area (Å²) in [6, 6.07) is 7.50. The van der Waals surface area contributed by atoms with Crippen LogP contribution in [0.1, 0.15) is 5.56 Å². The molecule has 0 atom stereocenters. The van der Waals surface area contributed by atoms with Crippen molar-refractivity contribution in [2.24, 2.45) is 10.9 Å². The highest BCUT2D eigenvalue weighted by Crippen LogP contribution is 2.08. The Morgan fingerprint density at radius 1 is 1.37 bits per heavy atom. The number of hydrogen-bond acceptors (Lipinski definition) is 4. The summed E-state index contributed by atoms with van der Waals surface area (Å²) in [4.78, 5) is 18.3. The molecule has 0 aliphatic carbocycles. The van der Waals surface area contributed by atoms with E-state index in [1.54, 1.807) is 0 Å². The number of aryl methyl sites for hydroxylation is 1. The van der Waals surface area contributed by atoms with Gasteiger partial charge in [0.2, 0.25) is 0 Å². The molecule has 0 saturated heterocycles. The number of oxime groups is 1. The van der Waals surface area contributed by atoms with Crippen LogP contribution in [0, 0.1) is 6.92 Å². The molecule has 0 bridgehead atoms. The number of nitrogens with one attached hydrogen (secondary N) is 1. The number of nitrogens with two attached hydrogens (primary N) is 1. The maximum Gasteiger partial charge on any atom is 0.265 e. The lowest BCUT2D eigenvalue weighted by Crippen LogP contribution is -2.28. The van der Waals surface area contributed by atoms with Crippen molar-refractivity contribution in [1.82, 2.24) is 4.90 Å². The zero-order valence-corrected chi connectivity index (χ0v) is 11.5. The second-order valence-electron chi connectivity index (χ2n) is 4.51. The van der Waals surface area contributed by atoms with E-state index >= 15 is 0 Å². The van der Waals surface area contributed by atoms with Gasteiger partial charge in [-0.2, -0.15) is 0 Å². The minimum atomic E-state index is -0.273. The van der Waals surface area contributed by atoms with Crippen molar-refractivity contribution >= 4 is 17.4 Å². The monoisotopic (exact) mass is 264 g/mol. The molecule has 6 nitrogen and oxygen atoms in total. The predicted octanol–water partition coefficient (Wildman–Crippen LogP) is 0.784. The Bertz CT molecular complexity index is 440. The lowest BCUT2D eigenvalue weighted by atomic mass is 10.2. The van der Waals surface area contributed by atoms with E-state index in [-0.39, 0.29) is 12.5 Å². The van der Waals surface area contributed by atoms with E-state index in [2.05, 4.69) is 10.5 Å². The SMILES string of the molecule is Cc1ccc(NC(=O)CON=C(N)CN(C)C)cc1. The third-order valence-corrected chi connectivity index (χ3v) is 2.19. The number of anilines is 1. The van der Waals surface area contributed by atoms with Crippen molar-refractivity contribution in [3.63, 3.8) is 0 Å². The van der Waals surface area contributed by atoms with Crippen LogP contribution in [-0.4, -0.2) is 43.9 Å². The quantitative estimate of drug-likeness (QED) is 0.452. The second-order valence-corrected chi connectivity index (χ2v) is 4.51. The van der Waals surface area contributed by atoms with Gasteiger partial charge in [-0.1, -0.05) is 22.9 Å². The van der Waals surface area contributed by atoms with Crippen molar-refractivity contribution in [3.8, 4) is 0 Å². The van der Waals surface area contributed by atoms with E-state index in [1.807, 2.05) is 50.2 Å². The topological polar surface area (TPSA) is 79.9 Å². The molecule has 6 heteroatoms. The summed E-state index contributed by atoms with van der Waals surface area (Å²) in [7, 11) is 3.74. The minimum absolute atomic E-state index is 0.165. The number of amides is 1. The van der Waals surface area contributed by atoms with Crippen molar-refractivity contribution in [3.05, 3.63) is 29.8 Å². The van der Waals surface area contributed by atoms with Crippen molar-refractivity contribution in [1.29, 1.82) is 0 Å². The molecule has 0 heterocycles. The fraction of sp³-hybridized carbons (Fsp3) is 0.385. The summed E-state index contributed by atoms with van der Waals surface area (Å²) in [5.41, 5.74) is 7.44. The molecule has 0 saturated carbocycles. The summed E-state index contributed by atoms with van der Waals surface area (Å²) in [5, 5.41) is 6.35. The van der Waals surface area contributed by atoms with Crippen LogP contribution >= 0.6 is 0 Å². The Morgan fingerprint density at radius 2 is 2.00 bits per heavy atom. The lowest BCUT2D eigenvalue weighted by Gasteiger charge is -2.08. The first kappa shape index (κ1) is 15.0. The Kier molecular flexibility index (Phi) is 5.81. The van der Waals surface area contributed by atoms with Gasteiger partial charge in [0.25, 0.3) is 5.91 Å². The molecular formula is C13H20N4O2. The third-order valence-electron chi connectivity index (χ3n) is 2.19. The van der Waals surface area contributed by atoms with Crippen molar-refractivity contribution in [2.75, 3.05) is 32.6 Å². The summed E-state index contributed by atoms with van der Waals surface area (Å²) in [6.07, 6.45) is 0. The van der Waals surface area contributed by atoms with Gasteiger partial charge in [0.15, 0.2) is 12.4 Å². The normalized spacial score (nSPS) is 11.5. The number of hydrogen-bond donors (Lipinski definition) is 2. The summed E-state index contributed by atoms with van der Waals surface area (Å²) in [6.45, 7) is 2.30. The van der Waals surface area contributed by atoms with Gasteiger partial charge in [-0.05, 0) is 33.2 Å². The summed E-state index contributed by atoms with van der Waals surface area (Å²) < 4.78 is 0.